The lowest BCUT2D eigenvalue weighted by molar-refractivity contribution is -0.104. The van der Waals surface area contributed by atoms with Gasteiger partial charge in [0.1, 0.15) is 12.1 Å². The van der Waals surface area contributed by atoms with Gasteiger partial charge in [0.05, 0.1) is 0 Å². The summed E-state index contributed by atoms with van der Waals surface area (Å²) in [5.41, 5.74) is 2.17. The SMILES string of the molecule is O=CC=C(c1ccc(F)cc1)c1ccccc1Cl. The van der Waals surface area contributed by atoms with E-state index in [4.69, 9.17) is 11.6 Å². The standard InChI is InChI=1S/C15H10ClFO/c16-15-4-2-1-3-14(15)13(9-10-18)11-5-7-12(17)8-6-11/h1-10H. The molecule has 0 fully saturated rings. The lowest BCUT2D eigenvalue weighted by Crippen LogP contribution is -1.90. The Balaban J connectivity index is 2.54. The molecule has 2 aromatic carbocycles. The van der Waals surface area contributed by atoms with Crippen LogP contribution in [0, 0.1) is 5.82 Å². The van der Waals surface area contributed by atoms with Crippen LogP contribution in [0.15, 0.2) is 54.6 Å². The van der Waals surface area contributed by atoms with Gasteiger partial charge in [-0.25, -0.2) is 4.39 Å². The van der Waals surface area contributed by atoms with Gasteiger partial charge in [0.2, 0.25) is 0 Å². The summed E-state index contributed by atoms with van der Waals surface area (Å²) in [6.07, 6.45) is 2.12. The first-order valence-corrected chi connectivity index (χ1v) is 5.76. The summed E-state index contributed by atoms with van der Waals surface area (Å²) in [5, 5.41) is 0.551. The van der Waals surface area contributed by atoms with Gasteiger partial charge >= 0.3 is 0 Å². The van der Waals surface area contributed by atoms with Gasteiger partial charge in [-0.3, -0.25) is 4.79 Å². The second-order valence-corrected chi connectivity index (χ2v) is 4.11. The van der Waals surface area contributed by atoms with E-state index in [0.717, 1.165) is 11.1 Å². The maximum Gasteiger partial charge on any atom is 0.143 e. The van der Waals surface area contributed by atoms with E-state index in [-0.39, 0.29) is 5.82 Å². The molecule has 0 amide bonds. The molecule has 0 bridgehead atoms. The normalized spacial score (nSPS) is 11.3. The number of hydrogen-bond donors (Lipinski definition) is 0. The Morgan fingerprint density at radius 2 is 1.72 bits per heavy atom. The molecule has 0 N–H and O–H groups in total. The van der Waals surface area contributed by atoms with Crippen LogP contribution in [0.3, 0.4) is 0 Å². The number of allylic oxidation sites excluding steroid dienone is 1. The Labute approximate surface area is 110 Å². The summed E-state index contributed by atoms with van der Waals surface area (Å²) in [7, 11) is 0. The molecule has 0 spiro atoms. The van der Waals surface area contributed by atoms with Crippen molar-refractivity contribution in [3.63, 3.8) is 0 Å². The lowest BCUT2D eigenvalue weighted by atomic mass is 9.98. The van der Waals surface area contributed by atoms with Crippen LogP contribution in [-0.2, 0) is 4.79 Å². The second-order valence-electron chi connectivity index (χ2n) is 3.70. The van der Waals surface area contributed by atoms with E-state index >= 15 is 0 Å². The van der Waals surface area contributed by atoms with Crippen molar-refractivity contribution in [1.29, 1.82) is 0 Å². The maximum atomic E-state index is 12.9. The maximum absolute atomic E-state index is 12.9. The van der Waals surface area contributed by atoms with Crippen LogP contribution >= 0.6 is 11.6 Å². The number of rotatable bonds is 3. The molecule has 0 atom stereocenters. The van der Waals surface area contributed by atoms with Gasteiger partial charge in [-0.05, 0) is 35.4 Å². The van der Waals surface area contributed by atoms with Gasteiger partial charge in [0.15, 0.2) is 0 Å². The van der Waals surface area contributed by atoms with Crippen molar-refractivity contribution in [2.75, 3.05) is 0 Å². The topological polar surface area (TPSA) is 17.1 Å². The quantitative estimate of drug-likeness (QED) is 0.600. The van der Waals surface area contributed by atoms with Crippen LogP contribution in [0.25, 0.3) is 5.57 Å². The molecule has 1 nitrogen and oxygen atoms in total. The van der Waals surface area contributed by atoms with Gasteiger partial charge in [0.25, 0.3) is 0 Å². The molecule has 0 aliphatic heterocycles. The zero-order valence-corrected chi connectivity index (χ0v) is 10.2. The van der Waals surface area contributed by atoms with Crippen LogP contribution in [-0.4, -0.2) is 6.29 Å². The first-order valence-electron chi connectivity index (χ1n) is 5.38. The highest BCUT2D eigenvalue weighted by atomic mass is 35.5. The molecular weight excluding hydrogens is 251 g/mol. The summed E-state index contributed by atoms with van der Waals surface area (Å²) in [4.78, 5) is 10.7. The molecule has 2 rings (SSSR count). The fourth-order valence-electron chi connectivity index (χ4n) is 1.72. The Morgan fingerprint density at radius 1 is 1.06 bits per heavy atom. The minimum atomic E-state index is -0.316. The first-order chi connectivity index (χ1) is 8.72. The third kappa shape index (κ3) is 2.66. The number of aldehydes is 1. The van der Waals surface area contributed by atoms with Crippen molar-refractivity contribution in [3.05, 3.63) is 76.6 Å². The van der Waals surface area contributed by atoms with Crippen molar-refractivity contribution in [3.8, 4) is 0 Å². The lowest BCUT2D eigenvalue weighted by Gasteiger charge is -2.09. The minimum absolute atomic E-state index is 0.316. The monoisotopic (exact) mass is 260 g/mol. The zero-order chi connectivity index (χ0) is 13.0. The highest BCUT2D eigenvalue weighted by Gasteiger charge is 2.08. The Hall–Kier alpha value is -1.93. The van der Waals surface area contributed by atoms with E-state index in [1.54, 1.807) is 18.2 Å². The molecule has 0 aliphatic rings. The average molecular weight is 261 g/mol. The number of benzene rings is 2. The summed E-state index contributed by atoms with van der Waals surface area (Å²) >= 11 is 6.11. The van der Waals surface area contributed by atoms with E-state index in [1.807, 2.05) is 18.2 Å². The van der Waals surface area contributed by atoms with E-state index in [1.165, 1.54) is 18.2 Å². The molecule has 0 saturated carbocycles. The fraction of sp³-hybridized carbons (Fsp3) is 0. The molecule has 18 heavy (non-hydrogen) atoms. The number of halogens is 2. The largest absolute Gasteiger partial charge is 0.299 e. The van der Waals surface area contributed by atoms with Crippen molar-refractivity contribution in [2.24, 2.45) is 0 Å². The van der Waals surface area contributed by atoms with E-state index < -0.39 is 0 Å². The molecular formula is C15H10ClFO. The van der Waals surface area contributed by atoms with Gasteiger partial charge < -0.3 is 0 Å². The molecule has 0 aliphatic carbocycles. The molecule has 3 heteroatoms. The second kappa shape index (κ2) is 5.61. The van der Waals surface area contributed by atoms with Gasteiger partial charge in [-0.15, -0.1) is 0 Å². The van der Waals surface area contributed by atoms with Crippen LogP contribution in [0.5, 0.6) is 0 Å². The molecule has 2 aromatic rings. The van der Waals surface area contributed by atoms with Crippen molar-refractivity contribution in [1.82, 2.24) is 0 Å². The van der Waals surface area contributed by atoms with E-state index in [2.05, 4.69) is 0 Å². The Bertz CT molecular complexity index is 588. The molecule has 0 radical (unpaired) electrons. The van der Waals surface area contributed by atoms with Gasteiger partial charge in [0, 0.05) is 10.6 Å². The number of carbonyl (C=O) groups is 1. The summed E-state index contributed by atoms with van der Waals surface area (Å²) in [5.74, 6) is -0.316. The number of carbonyl (C=O) groups excluding carboxylic acids is 1. The predicted molar refractivity (Wildman–Crippen MR) is 71.0 cm³/mol. The molecule has 0 unspecified atom stereocenters. The highest BCUT2D eigenvalue weighted by Crippen LogP contribution is 2.28. The van der Waals surface area contributed by atoms with E-state index in [0.29, 0.717) is 16.9 Å². The molecule has 0 saturated heterocycles. The molecule has 0 heterocycles. The highest BCUT2D eigenvalue weighted by molar-refractivity contribution is 6.32. The third-order valence-corrected chi connectivity index (χ3v) is 2.88. The third-order valence-electron chi connectivity index (χ3n) is 2.55. The average Bonchev–Trinajstić information content (AvgIpc) is 2.38. The predicted octanol–water partition coefficient (Wildman–Crippen LogP) is 4.11. The van der Waals surface area contributed by atoms with Crippen LogP contribution in [0.1, 0.15) is 11.1 Å². The van der Waals surface area contributed by atoms with Crippen molar-refractivity contribution < 1.29 is 9.18 Å². The summed E-state index contributed by atoms with van der Waals surface area (Å²) in [6, 6.07) is 13.2. The molecule has 90 valence electrons. The van der Waals surface area contributed by atoms with Gasteiger partial charge in [-0.1, -0.05) is 41.9 Å². The number of hydrogen-bond acceptors (Lipinski definition) is 1. The fourth-order valence-corrected chi connectivity index (χ4v) is 1.96. The smallest absolute Gasteiger partial charge is 0.143 e. The summed E-state index contributed by atoms with van der Waals surface area (Å²) < 4.78 is 12.9. The Morgan fingerprint density at radius 3 is 2.33 bits per heavy atom. The first kappa shape index (κ1) is 12.5. The van der Waals surface area contributed by atoms with Crippen molar-refractivity contribution in [2.45, 2.75) is 0 Å². The van der Waals surface area contributed by atoms with E-state index in [9.17, 15) is 9.18 Å². The van der Waals surface area contributed by atoms with Crippen LogP contribution in [0.4, 0.5) is 4.39 Å². The van der Waals surface area contributed by atoms with Crippen LogP contribution < -0.4 is 0 Å². The van der Waals surface area contributed by atoms with Crippen molar-refractivity contribution >= 4 is 23.5 Å². The van der Waals surface area contributed by atoms with Crippen LogP contribution in [0.2, 0.25) is 5.02 Å². The minimum Gasteiger partial charge on any atom is -0.299 e. The molecule has 0 aromatic heterocycles. The van der Waals surface area contributed by atoms with Gasteiger partial charge in [-0.2, -0.15) is 0 Å². The summed E-state index contributed by atoms with van der Waals surface area (Å²) in [6.45, 7) is 0. The Kier molecular flexibility index (Phi) is 3.90. The zero-order valence-electron chi connectivity index (χ0n) is 9.44.